The number of imide groups is 1. The van der Waals surface area contributed by atoms with Crippen LogP contribution in [0.1, 0.15) is 12.8 Å². The molecule has 2 aromatic rings. The molecule has 3 aliphatic heterocycles. The first kappa shape index (κ1) is 32.8. The maximum absolute atomic E-state index is 14.7. The van der Waals surface area contributed by atoms with E-state index in [1.54, 1.807) is 23.1 Å². The molecule has 1 fully saturated rings. The number of amides is 2. The van der Waals surface area contributed by atoms with Crippen molar-refractivity contribution in [1.29, 1.82) is 0 Å². The SMILES string of the molecule is O=C(CN1CCOCCOCCOCCOc2cc(-c3c4cc(F)c(=O)cc-4oc4cc(O)c(F)cc34)ccc21)ON1C(=O)CCC1=O. The molecule has 4 aliphatic rings. The predicted octanol–water partition coefficient (Wildman–Crippen LogP) is 3.40. The lowest BCUT2D eigenvalue weighted by Crippen LogP contribution is -2.39. The van der Waals surface area contributed by atoms with Crippen LogP contribution in [0.15, 0.2) is 51.7 Å². The Kier molecular flexibility index (Phi) is 9.80. The normalized spacial score (nSPS) is 16.8. The van der Waals surface area contributed by atoms with Gasteiger partial charge >= 0.3 is 5.97 Å². The van der Waals surface area contributed by atoms with Crippen LogP contribution in [0.3, 0.4) is 0 Å². The number of anilines is 1. The molecule has 252 valence electrons. The number of phenols is 1. The van der Waals surface area contributed by atoms with E-state index in [4.69, 9.17) is 28.2 Å². The molecule has 15 heteroatoms. The number of carbonyl (C=O) groups is 3. The number of carbonyl (C=O) groups excluding carboxylic acids is 3. The lowest BCUT2D eigenvalue weighted by Gasteiger charge is -2.27. The van der Waals surface area contributed by atoms with Crippen LogP contribution in [-0.4, -0.2) is 87.3 Å². The van der Waals surface area contributed by atoms with Crippen molar-refractivity contribution in [2.45, 2.75) is 12.8 Å². The Hall–Kier alpha value is -5.12. The molecule has 0 saturated carbocycles. The summed E-state index contributed by atoms with van der Waals surface area (Å²) >= 11 is 0. The second kappa shape index (κ2) is 14.3. The molecule has 0 bridgehead atoms. The highest BCUT2D eigenvalue weighted by Crippen LogP contribution is 2.44. The van der Waals surface area contributed by atoms with Crippen molar-refractivity contribution in [2.75, 3.05) is 64.2 Å². The molecule has 0 spiro atoms. The zero-order valence-electron chi connectivity index (χ0n) is 25.5. The zero-order chi connectivity index (χ0) is 33.8. The number of hydrogen-bond acceptors (Lipinski definition) is 12. The van der Waals surface area contributed by atoms with Gasteiger partial charge in [-0.2, -0.15) is 0 Å². The zero-order valence-corrected chi connectivity index (χ0v) is 25.5. The monoisotopic (exact) mass is 668 g/mol. The summed E-state index contributed by atoms with van der Waals surface area (Å²) in [4.78, 5) is 56.0. The van der Waals surface area contributed by atoms with Crippen molar-refractivity contribution in [3.8, 4) is 33.9 Å². The van der Waals surface area contributed by atoms with Crippen LogP contribution < -0.4 is 15.1 Å². The Balaban J connectivity index is 1.44. The van der Waals surface area contributed by atoms with Crippen LogP contribution >= 0.6 is 0 Å². The van der Waals surface area contributed by atoms with E-state index < -0.39 is 47.1 Å². The third-order valence-corrected chi connectivity index (χ3v) is 7.68. The van der Waals surface area contributed by atoms with Crippen molar-refractivity contribution >= 4 is 34.4 Å². The maximum Gasteiger partial charge on any atom is 0.352 e. The fourth-order valence-corrected chi connectivity index (χ4v) is 5.41. The van der Waals surface area contributed by atoms with Gasteiger partial charge in [-0.05, 0) is 29.8 Å². The van der Waals surface area contributed by atoms with Crippen LogP contribution in [0.2, 0.25) is 0 Å². The number of aromatic hydroxyl groups is 1. The predicted molar refractivity (Wildman–Crippen MR) is 163 cm³/mol. The summed E-state index contributed by atoms with van der Waals surface area (Å²) in [5.74, 6) is -4.60. The van der Waals surface area contributed by atoms with E-state index in [0.717, 1.165) is 24.3 Å². The lowest BCUT2D eigenvalue weighted by atomic mass is 9.93. The van der Waals surface area contributed by atoms with Crippen LogP contribution in [0, 0.1) is 11.6 Å². The summed E-state index contributed by atoms with van der Waals surface area (Å²) in [6.45, 7) is 1.33. The molecule has 3 heterocycles. The van der Waals surface area contributed by atoms with Crippen LogP contribution in [0.4, 0.5) is 14.5 Å². The molecule has 1 saturated heterocycles. The molecular weight excluding hydrogens is 638 g/mol. The van der Waals surface area contributed by atoms with Crippen molar-refractivity contribution in [3.05, 3.63) is 64.3 Å². The quantitative estimate of drug-likeness (QED) is 0.250. The molecular formula is C33H30F2N2O11. The smallest absolute Gasteiger partial charge is 0.352 e. The number of hydroxylamine groups is 2. The number of hydrogen-bond donors (Lipinski definition) is 1. The molecule has 1 aliphatic carbocycles. The first-order valence-electron chi connectivity index (χ1n) is 15.1. The Labute approximate surface area is 271 Å². The van der Waals surface area contributed by atoms with Gasteiger partial charge in [-0.3, -0.25) is 14.4 Å². The highest BCUT2D eigenvalue weighted by Gasteiger charge is 2.33. The maximum atomic E-state index is 14.7. The number of nitrogens with zero attached hydrogens (tertiary/aromatic N) is 2. The minimum atomic E-state index is -1.05. The summed E-state index contributed by atoms with van der Waals surface area (Å²) < 4.78 is 58.0. The third kappa shape index (κ3) is 7.07. The van der Waals surface area contributed by atoms with Gasteiger partial charge in [0.05, 0.1) is 45.3 Å². The summed E-state index contributed by atoms with van der Waals surface area (Å²) in [5.41, 5.74) is 0.317. The summed E-state index contributed by atoms with van der Waals surface area (Å²) in [5, 5.41) is 10.7. The summed E-state index contributed by atoms with van der Waals surface area (Å²) in [7, 11) is 0. The van der Waals surface area contributed by atoms with E-state index in [2.05, 4.69) is 0 Å². The Bertz CT molecular complexity index is 1880. The van der Waals surface area contributed by atoms with Crippen molar-refractivity contribution in [3.63, 3.8) is 0 Å². The van der Waals surface area contributed by atoms with Crippen LogP contribution in [0.5, 0.6) is 11.5 Å². The first-order valence-corrected chi connectivity index (χ1v) is 15.1. The van der Waals surface area contributed by atoms with Crippen molar-refractivity contribution in [1.82, 2.24) is 5.06 Å². The summed E-state index contributed by atoms with van der Waals surface area (Å²) in [6, 6.07) is 8.88. The lowest BCUT2D eigenvalue weighted by molar-refractivity contribution is -0.196. The highest BCUT2D eigenvalue weighted by atomic mass is 19.1. The van der Waals surface area contributed by atoms with Gasteiger partial charge in [-0.25, -0.2) is 13.6 Å². The molecule has 0 atom stereocenters. The standard InChI is InChI=1S/C33H30F2N2O11/c34-22-14-20-27(16-25(22)38)47-28-17-26(39)23(35)15-21(28)33(20)19-1-2-24-29(13-19)46-12-11-45-10-9-44-8-7-43-6-5-36(24)18-32(42)48-37-30(40)3-4-31(37)41/h1-2,13-17,38H,3-12,18H2. The number of fused-ring (bicyclic) bond motifs is 3. The van der Waals surface area contributed by atoms with Gasteiger partial charge in [0.25, 0.3) is 11.8 Å². The van der Waals surface area contributed by atoms with Gasteiger partial charge < -0.3 is 38.2 Å². The molecule has 2 aromatic carbocycles. The number of rotatable bonds is 4. The van der Waals surface area contributed by atoms with Crippen LogP contribution in [0.25, 0.3) is 33.4 Å². The molecule has 0 unspecified atom stereocenters. The van der Waals surface area contributed by atoms with E-state index in [1.807, 2.05) is 0 Å². The van der Waals surface area contributed by atoms with Gasteiger partial charge in [0.1, 0.15) is 30.2 Å². The molecule has 1 N–H and O–H groups in total. The van der Waals surface area contributed by atoms with Crippen LogP contribution in [-0.2, 0) is 33.4 Å². The number of halogens is 2. The molecule has 0 aromatic heterocycles. The van der Waals surface area contributed by atoms with E-state index in [0.29, 0.717) is 36.1 Å². The molecule has 48 heavy (non-hydrogen) atoms. The summed E-state index contributed by atoms with van der Waals surface area (Å²) in [6.07, 6.45) is -0.125. The average molecular weight is 669 g/mol. The van der Waals surface area contributed by atoms with E-state index >= 15 is 0 Å². The second-order valence-electron chi connectivity index (χ2n) is 10.9. The number of benzene rings is 3. The molecule has 2 amide bonds. The molecule has 6 rings (SSSR count). The van der Waals surface area contributed by atoms with Gasteiger partial charge in [0, 0.05) is 48.0 Å². The fourth-order valence-electron chi connectivity index (χ4n) is 5.41. The van der Waals surface area contributed by atoms with E-state index in [1.165, 1.54) is 0 Å². The average Bonchev–Trinajstić information content (AvgIpc) is 3.36. The Morgan fingerprint density at radius 2 is 1.52 bits per heavy atom. The largest absolute Gasteiger partial charge is 0.505 e. The highest BCUT2D eigenvalue weighted by molar-refractivity contribution is 6.03. The molecule has 0 radical (unpaired) electrons. The van der Waals surface area contributed by atoms with Crippen molar-refractivity contribution in [2.24, 2.45) is 0 Å². The van der Waals surface area contributed by atoms with E-state index in [9.17, 15) is 33.1 Å². The van der Waals surface area contributed by atoms with Gasteiger partial charge in [0.2, 0.25) is 5.43 Å². The first-order chi connectivity index (χ1) is 23.2. The van der Waals surface area contributed by atoms with Crippen molar-refractivity contribution < 1.29 is 56.5 Å². The molecule has 13 nitrogen and oxygen atoms in total. The topological polar surface area (TPSA) is 154 Å². The minimum absolute atomic E-state index is 0.00452. The second-order valence-corrected chi connectivity index (χ2v) is 10.9. The number of phenolic OH excluding ortho intramolecular Hbond substituents is 1. The Morgan fingerprint density at radius 3 is 2.25 bits per heavy atom. The number of ether oxygens (including phenoxy) is 4. The van der Waals surface area contributed by atoms with Gasteiger partial charge in [-0.1, -0.05) is 6.07 Å². The van der Waals surface area contributed by atoms with E-state index in [-0.39, 0.29) is 79.4 Å². The Morgan fingerprint density at radius 1 is 0.833 bits per heavy atom. The fraction of sp³-hybridized carbons (Fsp3) is 0.333. The van der Waals surface area contributed by atoms with Gasteiger partial charge in [0.15, 0.2) is 17.4 Å². The minimum Gasteiger partial charge on any atom is -0.505 e. The van der Waals surface area contributed by atoms with Gasteiger partial charge in [-0.15, -0.1) is 5.06 Å². The third-order valence-electron chi connectivity index (χ3n) is 7.68.